The average molecular weight is 251 g/mol. The first-order chi connectivity index (χ1) is 8.20. The second-order valence-electron chi connectivity index (χ2n) is 3.60. The van der Waals surface area contributed by atoms with E-state index in [4.69, 9.17) is 16.8 Å². The Labute approximate surface area is 103 Å². The van der Waals surface area contributed by atoms with Crippen molar-refractivity contribution in [3.8, 4) is 0 Å². The van der Waals surface area contributed by atoms with Crippen LogP contribution in [0.5, 0.6) is 0 Å². The second kappa shape index (κ2) is 4.97. The lowest BCUT2D eigenvalue weighted by atomic mass is 10.0. The van der Waals surface area contributed by atoms with Crippen molar-refractivity contribution in [3.63, 3.8) is 0 Å². The molecular formula is C11H11ClN4O. The molecule has 17 heavy (non-hydrogen) atoms. The van der Waals surface area contributed by atoms with E-state index in [2.05, 4.69) is 15.2 Å². The first kappa shape index (κ1) is 11.6. The highest BCUT2D eigenvalue weighted by Gasteiger charge is 2.09. The van der Waals surface area contributed by atoms with Gasteiger partial charge in [0.25, 0.3) is 0 Å². The lowest BCUT2D eigenvalue weighted by molar-refractivity contribution is 0.317. The van der Waals surface area contributed by atoms with E-state index in [-0.39, 0.29) is 0 Å². The van der Waals surface area contributed by atoms with Crippen molar-refractivity contribution >= 4 is 17.3 Å². The molecule has 2 rings (SSSR count). The van der Waals surface area contributed by atoms with Crippen molar-refractivity contribution in [2.75, 3.05) is 0 Å². The van der Waals surface area contributed by atoms with Crippen LogP contribution in [0.2, 0.25) is 5.02 Å². The summed E-state index contributed by atoms with van der Waals surface area (Å²) in [7, 11) is 0. The molecular weight excluding hydrogens is 240 g/mol. The van der Waals surface area contributed by atoms with E-state index >= 15 is 0 Å². The molecule has 6 heteroatoms. The maximum absolute atomic E-state index is 9.07. The number of benzene rings is 1. The molecule has 0 amide bonds. The van der Waals surface area contributed by atoms with Gasteiger partial charge in [-0.05, 0) is 24.6 Å². The Bertz CT molecular complexity index is 536. The highest BCUT2D eigenvalue weighted by Crippen LogP contribution is 2.16. The van der Waals surface area contributed by atoms with Gasteiger partial charge in [-0.3, -0.25) is 0 Å². The molecule has 0 fully saturated rings. The fraction of sp³-hybridized carbons (Fsp3) is 0.182. The molecule has 0 bridgehead atoms. The summed E-state index contributed by atoms with van der Waals surface area (Å²) in [6, 6.07) is 5.41. The van der Waals surface area contributed by atoms with E-state index in [1.54, 1.807) is 17.1 Å². The fourth-order valence-corrected chi connectivity index (χ4v) is 1.82. The first-order valence-corrected chi connectivity index (χ1v) is 5.38. The molecule has 0 aliphatic heterocycles. The van der Waals surface area contributed by atoms with E-state index in [1.807, 2.05) is 19.1 Å². The van der Waals surface area contributed by atoms with Gasteiger partial charge in [0.2, 0.25) is 0 Å². The standard InChI is InChI=1S/C11H11ClN4O/c1-8-4-9(12)2-3-10(8)11(15-17)5-16-7-13-6-14-16/h2-4,6-7,17H,5H2,1H3. The molecule has 0 atom stereocenters. The van der Waals surface area contributed by atoms with E-state index in [0.29, 0.717) is 17.3 Å². The summed E-state index contributed by atoms with van der Waals surface area (Å²) in [5.74, 6) is 0. The van der Waals surface area contributed by atoms with Gasteiger partial charge in [-0.2, -0.15) is 5.10 Å². The molecule has 0 spiro atoms. The summed E-state index contributed by atoms with van der Waals surface area (Å²) < 4.78 is 1.59. The predicted molar refractivity (Wildman–Crippen MR) is 64.5 cm³/mol. The molecule has 0 radical (unpaired) electrons. The van der Waals surface area contributed by atoms with Crippen molar-refractivity contribution in [1.29, 1.82) is 0 Å². The molecule has 5 nitrogen and oxygen atoms in total. The fourth-order valence-electron chi connectivity index (χ4n) is 1.59. The van der Waals surface area contributed by atoms with Gasteiger partial charge in [0.15, 0.2) is 0 Å². The van der Waals surface area contributed by atoms with Gasteiger partial charge in [0, 0.05) is 10.6 Å². The molecule has 88 valence electrons. The molecule has 0 unspecified atom stereocenters. The quantitative estimate of drug-likeness (QED) is 0.516. The zero-order chi connectivity index (χ0) is 12.3. The van der Waals surface area contributed by atoms with Crippen LogP contribution in [0.25, 0.3) is 0 Å². The number of halogens is 1. The van der Waals surface area contributed by atoms with Crippen LogP contribution >= 0.6 is 11.6 Å². The summed E-state index contributed by atoms with van der Waals surface area (Å²) in [4.78, 5) is 3.83. The number of hydrogen-bond donors (Lipinski definition) is 1. The molecule has 1 N–H and O–H groups in total. The molecule has 0 saturated carbocycles. The van der Waals surface area contributed by atoms with Crippen LogP contribution in [0, 0.1) is 6.92 Å². The zero-order valence-electron chi connectivity index (χ0n) is 9.21. The van der Waals surface area contributed by atoms with Gasteiger partial charge in [0.1, 0.15) is 18.4 Å². The monoisotopic (exact) mass is 250 g/mol. The van der Waals surface area contributed by atoms with Gasteiger partial charge in [-0.25, -0.2) is 9.67 Å². The Morgan fingerprint density at radius 1 is 1.53 bits per heavy atom. The number of rotatable bonds is 3. The Hall–Kier alpha value is -1.88. The highest BCUT2D eigenvalue weighted by atomic mass is 35.5. The van der Waals surface area contributed by atoms with Crippen molar-refractivity contribution in [2.24, 2.45) is 5.16 Å². The minimum Gasteiger partial charge on any atom is -0.411 e. The van der Waals surface area contributed by atoms with Crippen LogP contribution in [0.1, 0.15) is 11.1 Å². The third-order valence-corrected chi connectivity index (χ3v) is 2.63. The van der Waals surface area contributed by atoms with Crippen LogP contribution in [0.15, 0.2) is 36.0 Å². The summed E-state index contributed by atoms with van der Waals surface area (Å²) in [6.07, 6.45) is 3.00. The van der Waals surface area contributed by atoms with Gasteiger partial charge in [-0.15, -0.1) is 0 Å². The normalized spacial score (nSPS) is 11.8. The number of aromatic nitrogens is 3. The number of aryl methyl sites for hydroxylation is 1. The number of hydrogen-bond acceptors (Lipinski definition) is 4. The number of oxime groups is 1. The van der Waals surface area contributed by atoms with Crippen LogP contribution in [0.3, 0.4) is 0 Å². The van der Waals surface area contributed by atoms with Crippen molar-refractivity contribution in [1.82, 2.24) is 14.8 Å². The van der Waals surface area contributed by atoms with Crippen molar-refractivity contribution in [3.05, 3.63) is 47.0 Å². The van der Waals surface area contributed by atoms with Crippen LogP contribution < -0.4 is 0 Å². The summed E-state index contributed by atoms with van der Waals surface area (Å²) >= 11 is 5.88. The topological polar surface area (TPSA) is 63.3 Å². The molecule has 1 aromatic heterocycles. The minimum absolute atomic E-state index is 0.360. The maximum Gasteiger partial charge on any atom is 0.137 e. The first-order valence-electron chi connectivity index (χ1n) is 5.00. The molecule has 1 heterocycles. The zero-order valence-corrected chi connectivity index (χ0v) is 9.96. The third-order valence-electron chi connectivity index (χ3n) is 2.40. The van der Waals surface area contributed by atoms with Gasteiger partial charge >= 0.3 is 0 Å². The Kier molecular flexibility index (Phi) is 3.39. The smallest absolute Gasteiger partial charge is 0.137 e. The maximum atomic E-state index is 9.07. The van der Waals surface area contributed by atoms with Crippen LogP contribution in [-0.4, -0.2) is 25.7 Å². The molecule has 0 saturated heterocycles. The minimum atomic E-state index is 0.360. The van der Waals surface area contributed by atoms with E-state index < -0.39 is 0 Å². The van der Waals surface area contributed by atoms with Gasteiger partial charge in [-0.1, -0.05) is 22.8 Å². The molecule has 0 aliphatic carbocycles. The Morgan fingerprint density at radius 2 is 2.35 bits per heavy atom. The van der Waals surface area contributed by atoms with Gasteiger partial charge in [0.05, 0.1) is 6.54 Å². The van der Waals surface area contributed by atoms with Crippen LogP contribution in [-0.2, 0) is 6.54 Å². The molecule has 2 aromatic rings. The Morgan fingerprint density at radius 3 is 2.94 bits per heavy atom. The number of nitrogens with zero attached hydrogens (tertiary/aromatic N) is 4. The van der Waals surface area contributed by atoms with E-state index in [1.165, 1.54) is 6.33 Å². The average Bonchev–Trinajstić information content (AvgIpc) is 2.79. The Balaban J connectivity index is 2.30. The van der Waals surface area contributed by atoms with Gasteiger partial charge < -0.3 is 5.21 Å². The summed E-state index contributed by atoms with van der Waals surface area (Å²) in [5, 5.41) is 17.0. The van der Waals surface area contributed by atoms with Crippen molar-refractivity contribution in [2.45, 2.75) is 13.5 Å². The molecule has 1 aromatic carbocycles. The molecule has 0 aliphatic rings. The summed E-state index contributed by atoms with van der Waals surface area (Å²) in [6.45, 7) is 2.27. The SMILES string of the molecule is Cc1cc(Cl)ccc1C(Cn1cncn1)=NO. The lowest BCUT2D eigenvalue weighted by Crippen LogP contribution is -2.13. The largest absolute Gasteiger partial charge is 0.411 e. The highest BCUT2D eigenvalue weighted by molar-refractivity contribution is 6.30. The van der Waals surface area contributed by atoms with E-state index in [0.717, 1.165) is 11.1 Å². The second-order valence-corrected chi connectivity index (χ2v) is 4.04. The lowest BCUT2D eigenvalue weighted by Gasteiger charge is -2.08. The van der Waals surface area contributed by atoms with Crippen LogP contribution in [0.4, 0.5) is 0 Å². The van der Waals surface area contributed by atoms with Crippen molar-refractivity contribution < 1.29 is 5.21 Å². The van der Waals surface area contributed by atoms with E-state index in [9.17, 15) is 0 Å². The summed E-state index contributed by atoms with van der Waals surface area (Å²) in [5.41, 5.74) is 2.31. The predicted octanol–water partition coefficient (Wildman–Crippen LogP) is 2.12. The third kappa shape index (κ3) is 2.62.